The molecule has 0 aliphatic heterocycles. The molecule has 0 aliphatic rings. The Balaban J connectivity index is 2.90. The number of hydrogen-bond acceptors (Lipinski definition) is 5. The van der Waals surface area contributed by atoms with E-state index in [2.05, 4.69) is 0 Å². The Kier molecular flexibility index (Phi) is 5.67. The molecule has 17 heavy (non-hydrogen) atoms. The predicted molar refractivity (Wildman–Crippen MR) is 71.7 cm³/mol. The number of esters is 1. The van der Waals surface area contributed by atoms with E-state index < -0.39 is 5.97 Å². The summed E-state index contributed by atoms with van der Waals surface area (Å²) in [5.74, 6) is -0.177. The Morgan fingerprint density at radius 2 is 1.82 bits per heavy atom. The van der Waals surface area contributed by atoms with Gasteiger partial charge in [0.25, 0.3) is 0 Å². The number of ether oxygens (including phenoxy) is 1. The van der Waals surface area contributed by atoms with Gasteiger partial charge in [-0.25, -0.2) is 4.79 Å². The fraction of sp³-hybridized carbons (Fsp3) is 0.167. The number of carbonyl (C=O) groups excluding carboxylic acids is 1. The van der Waals surface area contributed by atoms with Crippen molar-refractivity contribution in [2.24, 2.45) is 0 Å². The van der Waals surface area contributed by atoms with E-state index in [1.807, 2.05) is 24.6 Å². The number of nitriles is 1. The van der Waals surface area contributed by atoms with Gasteiger partial charge >= 0.3 is 5.97 Å². The summed E-state index contributed by atoms with van der Waals surface area (Å²) in [6, 6.07) is 10.6. The van der Waals surface area contributed by atoms with Gasteiger partial charge in [0.15, 0.2) is 5.57 Å². The highest BCUT2D eigenvalue weighted by atomic mass is 32.2. The van der Waals surface area contributed by atoms with Crippen molar-refractivity contribution in [2.45, 2.75) is 0 Å². The second-order valence-corrected chi connectivity index (χ2v) is 4.78. The largest absolute Gasteiger partial charge is 0.422 e. The van der Waals surface area contributed by atoms with Gasteiger partial charge in [-0.1, -0.05) is 18.2 Å². The van der Waals surface area contributed by atoms with Gasteiger partial charge in [0.1, 0.15) is 11.8 Å². The van der Waals surface area contributed by atoms with Crippen LogP contribution in [0.5, 0.6) is 5.75 Å². The normalized spacial score (nSPS) is 9.24. The maximum atomic E-state index is 11.8. The number of carbonyl (C=O) groups is 1. The summed E-state index contributed by atoms with van der Waals surface area (Å²) >= 11 is 2.72. The number of rotatable bonds is 4. The van der Waals surface area contributed by atoms with Crippen LogP contribution in [0.1, 0.15) is 0 Å². The van der Waals surface area contributed by atoms with Gasteiger partial charge in [-0.15, -0.1) is 23.5 Å². The van der Waals surface area contributed by atoms with Crippen LogP contribution in [0, 0.1) is 11.3 Å². The topological polar surface area (TPSA) is 50.1 Å². The van der Waals surface area contributed by atoms with Crippen molar-refractivity contribution >= 4 is 29.5 Å². The molecular formula is C12H11NO2S2. The molecule has 88 valence electrons. The molecular weight excluding hydrogens is 254 g/mol. The highest BCUT2D eigenvalue weighted by Crippen LogP contribution is 2.28. The van der Waals surface area contributed by atoms with Gasteiger partial charge in [0.2, 0.25) is 0 Å². The van der Waals surface area contributed by atoms with E-state index in [1.165, 1.54) is 23.5 Å². The molecule has 0 fully saturated rings. The lowest BCUT2D eigenvalue weighted by atomic mass is 10.3. The van der Waals surface area contributed by atoms with Gasteiger partial charge in [0.05, 0.1) is 4.24 Å². The monoisotopic (exact) mass is 265 g/mol. The van der Waals surface area contributed by atoms with Crippen LogP contribution in [-0.2, 0) is 4.79 Å². The summed E-state index contributed by atoms with van der Waals surface area (Å²) in [4.78, 5) is 11.8. The first-order valence-corrected chi connectivity index (χ1v) is 7.17. The molecule has 0 unspecified atom stereocenters. The van der Waals surface area contributed by atoms with Crippen LogP contribution in [0.15, 0.2) is 40.1 Å². The molecule has 3 nitrogen and oxygen atoms in total. The summed E-state index contributed by atoms with van der Waals surface area (Å²) < 4.78 is 5.77. The van der Waals surface area contributed by atoms with E-state index in [4.69, 9.17) is 10.00 Å². The molecule has 0 heterocycles. The predicted octanol–water partition coefficient (Wildman–Crippen LogP) is 3.05. The quantitative estimate of drug-likeness (QED) is 0.362. The van der Waals surface area contributed by atoms with E-state index in [-0.39, 0.29) is 5.57 Å². The van der Waals surface area contributed by atoms with Crippen LogP contribution < -0.4 is 4.74 Å². The van der Waals surface area contributed by atoms with Crippen LogP contribution in [0.25, 0.3) is 0 Å². The maximum Gasteiger partial charge on any atom is 0.356 e. The van der Waals surface area contributed by atoms with Crippen molar-refractivity contribution < 1.29 is 9.53 Å². The molecule has 0 radical (unpaired) electrons. The second kappa shape index (κ2) is 7.05. The summed E-state index contributed by atoms with van der Waals surface area (Å²) in [6.07, 6.45) is 3.64. The zero-order valence-corrected chi connectivity index (χ0v) is 11.1. The third-order valence-electron chi connectivity index (χ3n) is 1.84. The number of nitrogens with zero attached hydrogens (tertiary/aromatic N) is 1. The molecule has 1 aromatic rings. The molecule has 0 atom stereocenters. The SMILES string of the molecule is CSC(SC)=C(C#N)C(=O)Oc1ccccc1. The van der Waals surface area contributed by atoms with Crippen LogP contribution in [0.3, 0.4) is 0 Å². The van der Waals surface area contributed by atoms with E-state index in [0.29, 0.717) is 9.99 Å². The average Bonchev–Trinajstić information content (AvgIpc) is 2.36. The molecule has 0 saturated carbocycles. The van der Waals surface area contributed by atoms with E-state index in [9.17, 15) is 4.79 Å². The van der Waals surface area contributed by atoms with Crippen LogP contribution in [0.2, 0.25) is 0 Å². The maximum absolute atomic E-state index is 11.8. The Hall–Kier alpha value is -1.38. The van der Waals surface area contributed by atoms with Crippen molar-refractivity contribution in [1.82, 2.24) is 0 Å². The van der Waals surface area contributed by atoms with Gasteiger partial charge in [0, 0.05) is 0 Å². The Bertz CT molecular complexity index is 457. The minimum absolute atomic E-state index is 0.0499. The first-order chi connectivity index (χ1) is 8.22. The summed E-state index contributed by atoms with van der Waals surface area (Å²) in [5, 5.41) is 8.97. The highest BCUT2D eigenvalue weighted by molar-refractivity contribution is 8.21. The lowest BCUT2D eigenvalue weighted by Crippen LogP contribution is -2.11. The number of thioether (sulfide) groups is 2. The van der Waals surface area contributed by atoms with Crippen molar-refractivity contribution in [2.75, 3.05) is 12.5 Å². The standard InChI is InChI=1S/C12H11NO2S2/c1-16-12(17-2)10(8-13)11(14)15-9-6-4-3-5-7-9/h3-7H,1-2H3. The number of hydrogen-bond donors (Lipinski definition) is 0. The first-order valence-electron chi connectivity index (χ1n) is 4.72. The lowest BCUT2D eigenvalue weighted by molar-refractivity contribution is -0.129. The molecule has 0 bridgehead atoms. The molecule has 0 N–H and O–H groups in total. The van der Waals surface area contributed by atoms with Crippen LogP contribution >= 0.6 is 23.5 Å². The Morgan fingerprint density at radius 1 is 1.24 bits per heavy atom. The van der Waals surface area contributed by atoms with Crippen LogP contribution in [-0.4, -0.2) is 18.5 Å². The van der Waals surface area contributed by atoms with Crippen molar-refractivity contribution in [3.05, 3.63) is 40.1 Å². The van der Waals surface area contributed by atoms with Gasteiger partial charge < -0.3 is 4.74 Å². The smallest absolute Gasteiger partial charge is 0.356 e. The Labute approximate surface area is 109 Å². The van der Waals surface area contributed by atoms with Gasteiger partial charge in [-0.2, -0.15) is 5.26 Å². The molecule has 0 amide bonds. The molecule has 0 spiro atoms. The fourth-order valence-corrected chi connectivity index (χ4v) is 2.44. The first kappa shape index (κ1) is 13.7. The zero-order valence-electron chi connectivity index (χ0n) is 9.47. The van der Waals surface area contributed by atoms with Crippen molar-refractivity contribution in [3.8, 4) is 11.8 Å². The third kappa shape index (κ3) is 3.84. The fourth-order valence-electron chi connectivity index (χ4n) is 1.11. The van der Waals surface area contributed by atoms with Gasteiger partial charge in [-0.3, -0.25) is 0 Å². The average molecular weight is 265 g/mol. The third-order valence-corrected chi connectivity index (χ3v) is 3.99. The minimum Gasteiger partial charge on any atom is -0.422 e. The van der Waals surface area contributed by atoms with Crippen molar-refractivity contribution in [3.63, 3.8) is 0 Å². The highest BCUT2D eigenvalue weighted by Gasteiger charge is 2.16. The summed E-state index contributed by atoms with van der Waals surface area (Å²) in [7, 11) is 0. The number of benzene rings is 1. The number of para-hydroxylation sites is 1. The van der Waals surface area contributed by atoms with Crippen molar-refractivity contribution in [1.29, 1.82) is 5.26 Å². The van der Waals surface area contributed by atoms with E-state index in [0.717, 1.165) is 0 Å². The summed E-state index contributed by atoms with van der Waals surface area (Å²) in [6.45, 7) is 0. The van der Waals surface area contributed by atoms with E-state index in [1.54, 1.807) is 24.3 Å². The lowest BCUT2D eigenvalue weighted by Gasteiger charge is -2.05. The zero-order chi connectivity index (χ0) is 12.7. The van der Waals surface area contributed by atoms with Gasteiger partial charge in [-0.05, 0) is 24.6 Å². The summed E-state index contributed by atoms with van der Waals surface area (Å²) in [5.41, 5.74) is 0.0499. The molecule has 0 aromatic heterocycles. The molecule has 0 aliphatic carbocycles. The van der Waals surface area contributed by atoms with E-state index >= 15 is 0 Å². The van der Waals surface area contributed by atoms with Crippen LogP contribution in [0.4, 0.5) is 0 Å². The minimum atomic E-state index is -0.614. The molecule has 1 rings (SSSR count). The molecule has 0 saturated heterocycles. The molecule has 1 aromatic carbocycles. The molecule has 5 heteroatoms. The second-order valence-electron chi connectivity index (χ2n) is 2.89. The Morgan fingerprint density at radius 3 is 2.29 bits per heavy atom.